The maximum Gasteiger partial charge on any atom is 0.299 e. The van der Waals surface area contributed by atoms with E-state index in [2.05, 4.69) is 11.8 Å². The molecule has 0 aliphatic rings. The van der Waals surface area contributed by atoms with E-state index in [1.54, 1.807) is 0 Å². The van der Waals surface area contributed by atoms with E-state index in [4.69, 9.17) is 0 Å². The van der Waals surface area contributed by atoms with Crippen molar-refractivity contribution in [2.24, 2.45) is 0 Å². The third-order valence-corrected chi connectivity index (χ3v) is 2.89. The van der Waals surface area contributed by atoms with Crippen molar-refractivity contribution in [2.75, 3.05) is 0 Å². The van der Waals surface area contributed by atoms with Crippen LogP contribution in [-0.2, 0) is 14.8 Å². The van der Waals surface area contributed by atoms with Gasteiger partial charge in [0.1, 0.15) is 10.6 Å². The number of benzene rings is 1. The first-order valence-corrected chi connectivity index (χ1v) is 5.22. The van der Waals surface area contributed by atoms with Crippen LogP contribution in [0.25, 0.3) is 0 Å². The Kier molecular flexibility index (Phi) is 3.21. The summed E-state index contributed by atoms with van der Waals surface area (Å²) in [6.07, 6.45) is 0. The molecule has 6 heteroatoms. The van der Waals surface area contributed by atoms with Gasteiger partial charge in [-0.05, 0) is 12.1 Å². The fourth-order valence-electron chi connectivity index (χ4n) is 0.876. The average molecular weight is 215 g/mol. The van der Waals surface area contributed by atoms with E-state index < -0.39 is 10.0 Å². The van der Waals surface area contributed by atoms with Gasteiger partial charge >= 0.3 is 0 Å². The van der Waals surface area contributed by atoms with Gasteiger partial charge in [-0.3, -0.25) is 4.79 Å². The molecule has 0 aromatic heterocycles. The van der Waals surface area contributed by atoms with E-state index in [1.165, 1.54) is 24.3 Å². The number of carbonyl (C=O) groups excluding carboxylic acids is 1. The van der Waals surface area contributed by atoms with Crippen LogP contribution in [0.2, 0.25) is 0 Å². The summed E-state index contributed by atoms with van der Waals surface area (Å²) in [5.74, 6) is 0.183. The summed E-state index contributed by atoms with van der Waals surface area (Å²) in [6.45, 7) is 0.236. The number of nitrogens with two attached hydrogens (primary N) is 1. The summed E-state index contributed by atoms with van der Waals surface area (Å²) in [4.78, 5) is 10.1. The average Bonchev–Trinajstić information content (AvgIpc) is 2.19. The molecule has 0 saturated heterocycles. The number of carbonyl (C=O) groups is 1. The SMILES string of the molecule is [CH2-][NH2+]S(=O)(=O)c1cccc(OC=O)c1. The smallest absolute Gasteiger partial charge is 0.299 e. The molecular formula is C8H9NO4S. The largest absolute Gasteiger partial charge is 0.429 e. The summed E-state index contributed by atoms with van der Waals surface area (Å²) in [5, 5.41) is 0. The quantitative estimate of drug-likeness (QED) is 0.530. The summed E-state index contributed by atoms with van der Waals surface area (Å²) in [5.41, 5.74) is 0. The highest BCUT2D eigenvalue weighted by atomic mass is 32.2. The van der Waals surface area contributed by atoms with Crippen LogP contribution in [0.15, 0.2) is 29.2 Å². The standard InChI is InChI=1S/C8H9NO4S/c1-9-14(11,12)8-4-2-3-7(5-8)13-6-10/h2-6H,1,9H2. The van der Waals surface area contributed by atoms with Gasteiger partial charge in [-0.1, -0.05) is 6.07 Å². The van der Waals surface area contributed by atoms with E-state index >= 15 is 0 Å². The molecule has 1 rings (SSSR count). The Morgan fingerprint density at radius 2 is 2.14 bits per heavy atom. The van der Waals surface area contributed by atoms with Gasteiger partial charge in [0.05, 0.1) is 0 Å². The number of quaternary nitrogens is 1. The molecule has 1 aromatic carbocycles. The van der Waals surface area contributed by atoms with Gasteiger partial charge in [0.25, 0.3) is 16.5 Å². The fourth-order valence-corrected chi connectivity index (χ4v) is 1.62. The molecule has 0 saturated carbocycles. The predicted molar refractivity (Wildman–Crippen MR) is 47.6 cm³/mol. The number of primary sulfonamides is 1. The van der Waals surface area contributed by atoms with Crippen molar-refractivity contribution in [1.82, 2.24) is 0 Å². The molecule has 76 valence electrons. The van der Waals surface area contributed by atoms with Crippen molar-refractivity contribution in [3.05, 3.63) is 31.3 Å². The van der Waals surface area contributed by atoms with E-state index in [-0.39, 0.29) is 17.1 Å². The minimum atomic E-state index is -3.47. The van der Waals surface area contributed by atoms with Crippen molar-refractivity contribution in [1.29, 1.82) is 0 Å². The lowest BCUT2D eigenvalue weighted by atomic mass is 10.3. The maximum absolute atomic E-state index is 11.3. The third-order valence-electron chi connectivity index (χ3n) is 1.54. The van der Waals surface area contributed by atoms with Crippen LogP contribution in [-0.4, -0.2) is 14.9 Å². The molecule has 0 amide bonds. The van der Waals surface area contributed by atoms with Crippen LogP contribution in [0.1, 0.15) is 0 Å². The van der Waals surface area contributed by atoms with Crippen molar-refractivity contribution >= 4 is 16.5 Å². The molecule has 14 heavy (non-hydrogen) atoms. The van der Waals surface area contributed by atoms with Gasteiger partial charge in [-0.15, -0.1) is 7.05 Å². The zero-order chi connectivity index (χ0) is 10.6. The summed E-state index contributed by atoms with van der Waals surface area (Å²) in [6, 6.07) is 5.62. The van der Waals surface area contributed by atoms with Crippen LogP contribution in [0, 0.1) is 7.05 Å². The molecule has 5 nitrogen and oxygen atoms in total. The van der Waals surface area contributed by atoms with Gasteiger partial charge in [0.15, 0.2) is 0 Å². The second-order valence-corrected chi connectivity index (χ2v) is 4.30. The predicted octanol–water partition coefficient (Wildman–Crippen LogP) is -0.735. The van der Waals surface area contributed by atoms with Crippen molar-refractivity contribution < 1.29 is 22.7 Å². The molecule has 1 aromatic rings. The lowest BCUT2D eigenvalue weighted by Gasteiger charge is -2.03. The molecule has 0 bridgehead atoms. The van der Waals surface area contributed by atoms with Crippen LogP contribution < -0.4 is 9.46 Å². The summed E-state index contributed by atoms with van der Waals surface area (Å²) < 4.78 is 27.9. The lowest BCUT2D eigenvalue weighted by Crippen LogP contribution is -2.80. The fraction of sp³-hybridized carbons (Fsp3) is 0. The number of hydrogen-bond donors (Lipinski definition) is 1. The molecule has 0 atom stereocenters. The first kappa shape index (κ1) is 10.7. The third kappa shape index (κ3) is 2.30. The van der Waals surface area contributed by atoms with E-state index in [0.717, 1.165) is 4.72 Å². The molecule has 0 fully saturated rings. The highest BCUT2D eigenvalue weighted by molar-refractivity contribution is 7.84. The maximum atomic E-state index is 11.3. The minimum Gasteiger partial charge on any atom is -0.429 e. The van der Waals surface area contributed by atoms with E-state index in [9.17, 15) is 13.2 Å². The topological polar surface area (TPSA) is 77.1 Å². The van der Waals surface area contributed by atoms with E-state index in [0.29, 0.717) is 0 Å². The second kappa shape index (κ2) is 4.21. The second-order valence-electron chi connectivity index (χ2n) is 2.40. The first-order chi connectivity index (χ1) is 6.60. The Morgan fingerprint density at radius 1 is 1.43 bits per heavy atom. The summed E-state index contributed by atoms with van der Waals surface area (Å²) >= 11 is 0. The zero-order valence-corrected chi connectivity index (χ0v) is 8.03. The Hall–Kier alpha value is -1.40. The Morgan fingerprint density at radius 3 is 2.71 bits per heavy atom. The zero-order valence-electron chi connectivity index (χ0n) is 7.21. The molecule has 0 heterocycles. The Labute approximate surface area is 81.7 Å². The van der Waals surface area contributed by atoms with E-state index in [1.807, 2.05) is 0 Å². The number of hydrogen-bond acceptors (Lipinski definition) is 4. The van der Waals surface area contributed by atoms with Gasteiger partial charge in [-0.2, -0.15) is 8.42 Å². The first-order valence-electron chi connectivity index (χ1n) is 3.68. The monoisotopic (exact) mass is 215 g/mol. The summed E-state index contributed by atoms with van der Waals surface area (Å²) in [7, 11) is -0.285. The molecule has 0 aliphatic heterocycles. The molecule has 0 spiro atoms. The van der Waals surface area contributed by atoms with Gasteiger partial charge in [0.2, 0.25) is 0 Å². The van der Waals surface area contributed by atoms with Gasteiger partial charge < -0.3 is 9.46 Å². The Bertz CT molecular complexity index is 427. The highest BCUT2D eigenvalue weighted by Crippen LogP contribution is 2.14. The highest BCUT2D eigenvalue weighted by Gasteiger charge is 2.12. The Balaban J connectivity index is 3.12. The van der Waals surface area contributed by atoms with Crippen molar-refractivity contribution in [2.45, 2.75) is 4.90 Å². The van der Waals surface area contributed by atoms with Crippen LogP contribution >= 0.6 is 0 Å². The molecular weight excluding hydrogens is 206 g/mol. The minimum absolute atomic E-state index is 0.0480. The van der Waals surface area contributed by atoms with Crippen LogP contribution in [0.3, 0.4) is 0 Å². The number of rotatable bonds is 4. The van der Waals surface area contributed by atoms with Crippen molar-refractivity contribution in [3.8, 4) is 5.75 Å². The van der Waals surface area contributed by atoms with Crippen LogP contribution in [0.4, 0.5) is 0 Å². The van der Waals surface area contributed by atoms with Crippen molar-refractivity contribution in [3.63, 3.8) is 0 Å². The van der Waals surface area contributed by atoms with Crippen LogP contribution in [0.5, 0.6) is 5.75 Å². The molecule has 0 radical (unpaired) electrons. The molecule has 2 N–H and O–H groups in total. The number of sulfonamides is 1. The van der Waals surface area contributed by atoms with Gasteiger partial charge in [-0.25, -0.2) is 0 Å². The lowest BCUT2D eigenvalue weighted by molar-refractivity contribution is -0.424. The number of ether oxygens (including phenoxy) is 1. The normalized spacial score (nSPS) is 10.9. The van der Waals surface area contributed by atoms with Gasteiger partial charge in [0, 0.05) is 6.07 Å². The molecule has 0 unspecified atom stereocenters. The molecule has 0 aliphatic carbocycles.